The van der Waals surface area contributed by atoms with E-state index in [1.54, 1.807) is 19.1 Å². The van der Waals surface area contributed by atoms with Gasteiger partial charge in [-0.1, -0.05) is 0 Å². The van der Waals surface area contributed by atoms with Crippen LogP contribution in [0.1, 0.15) is 17.3 Å². The zero-order valence-electron chi connectivity index (χ0n) is 15.0. The number of carbonyl (C=O) groups excluding carboxylic acids is 3. The lowest BCUT2D eigenvalue weighted by atomic mass is 10.2. The van der Waals surface area contributed by atoms with Crippen molar-refractivity contribution < 1.29 is 23.5 Å². The number of likely N-dealkylation sites (N-methyl/N-ethyl adjacent to an activating group) is 1. The van der Waals surface area contributed by atoms with E-state index in [2.05, 4.69) is 10.6 Å². The fourth-order valence-corrected chi connectivity index (χ4v) is 2.22. The van der Waals surface area contributed by atoms with Crippen molar-refractivity contribution in [3.05, 3.63) is 59.9 Å². The quantitative estimate of drug-likeness (QED) is 0.814. The Bertz CT molecular complexity index is 807. The highest BCUT2D eigenvalue weighted by atomic mass is 19.1. The highest BCUT2D eigenvalue weighted by molar-refractivity contribution is 5.99. The molecule has 0 aliphatic heterocycles. The molecule has 0 aliphatic rings. The molecule has 0 aliphatic carbocycles. The van der Waals surface area contributed by atoms with Crippen LogP contribution in [0, 0.1) is 5.82 Å². The number of anilines is 2. The van der Waals surface area contributed by atoms with E-state index in [-0.39, 0.29) is 19.1 Å². The third kappa shape index (κ3) is 6.10. The maximum Gasteiger partial charge on any atom is 0.411 e. The molecule has 2 aromatic carbocycles. The first-order chi connectivity index (χ1) is 12.9. The number of hydrogen-bond donors (Lipinski definition) is 2. The topological polar surface area (TPSA) is 87.7 Å². The molecule has 8 heteroatoms. The van der Waals surface area contributed by atoms with Gasteiger partial charge in [-0.2, -0.15) is 0 Å². The Labute approximate surface area is 156 Å². The monoisotopic (exact) mass is 373 g/mol. The first kappa shape index (κ1) is 19.9. The van der Waals surface area contributed by atoms with Crippen LogP contribution in [-0.4, -0.2) is 43.0 Å². The van der Waals surface area contributed by atoms with Crippen LogP contribution < -0.4 is 10.6 Å². The number of ether oxygens (including phenoxy) is 1. The molecule has 2 rings (SSSR count). The highest BCUT2D eigenvalue weighted by Crippen LogP contribution is 2.12. The second-order valence-electron chi connectivity index (χ2n) is 5.64. The van der Waals surface area contributed by atoms with Crippen molar-refractivity contribution in [3.63, 3.8) is 0 Å². The number of carbonyl (C=O) groups is 3. The largest absolute Gasteiger partial charge is 0.450 e. The molecule has 0 bridgehead atoms. The molecule has 7 nitrogen and oxygen atoms in total. The second kappa shape index (κ2) is 9.33. The molecule has 2 N–H and O–H groups in total. The van der Waals surface area contributed by atoms with Gasteiger partial charge in [-0.25, -0.2) is 9.18 Å². The van der Waals surface area contributed by atoms with Crippen molar-refractivity contribution in [1.29, 1.82) is 0 Å². The summed E-state index contributed by atoms with van der Waals surface area (Å²) in [5.74, 6) is -1.16. The van der Waals surface area contributed by atoms with Gasteiger partial charge in [0.15, 0.2) is 0 Å². The van der Waals surface area contributed by atoms with E-state index >= 15 is 0 Å². The van der Waals surface area contributed by atoms with Crippen LogP contribution in [0.3, 0.4) is 0 Å². The third-order valence-corrected chi connectivity index (χ3v) is 3.51. The van der Waals surface area contributed by atoms with Crippen LogP contribution in [0.25, 0.3) is 0 Å². The zero-order chi connectivity index (χ0) is 19.8. The fourth-order valence-electron chi connectivity index (χ4n) is 2.22. The first-order valence-electron chi connectivity index (χ1n) is 8.23. The number of nitrogens with one attached hydrogen (secondary N) is 2. The Morgan fingerprint density at radius 3 is 2.11 bits per heavy atom. The number of amides is 3. The second-order valence-corrected chi connectivity index (χ2v) is 5.64. The lowest BCUT2D eigenvalue weighted by Gasteiger charge is -2.17. The summed E-state index contributed by atoms with van der Waals surface area (Å²) < 4.78 is 17.6. The van der Waals surface area contributed by atoms with Gasteiger partial charge in [0.1, 0.15) is 5.82 Å². The lowest BCUT2D eigenvalue weighted by Crippen LogP contribution is -2.34. The van der Waals surface area contributed by atoms with E-state index in [4.69, 9.17) is 4.74 Å². The van der Waals surface area contributed by atoms with Gasteiger partial charge in [-0.15, -0.1) is 0 Å². The molecule has 0 saturated heterocycles. The summed E-state index contributed by atoms with van der Waals surface area (Å²) in [6.07, 6.45) is -0.578. The molecule has 0 unspecified atom stereocenters. The van der Waals surface area contributed by atoms with Gasteiger partial charge >= 0.3 is 6.09 Å². The van der Waals surface area contributed by atoms with Gasteiger partial charge in [-0.05, 0) is 55.5 Å². The standard InChI is InChI=1S/C19H20FN3O4/c1-3-27-19(26)22-16-8-4-13(5-9-16)18(25)23(2)12-17(24)21-15-10-6-14(20)7-11-15/h4-11H,3,12H2,1-2H3,(H,21,24)(H,22,26). The Balaban J connectivity index is 1.91. The van der Waals surface area contributed by atoms with E-state index in [1.807, 2.05) is 0 Å². The average Bonchev–Trinajstić information content (AvgIpc) is 2.63. The SMILES string of the molecule is CCOC(=O)Nc1ccc(C(=O)N(C)CC(=O)Nc2ccc(F)cc2)cc1. The van der Waals surface area contributed by atoms with Crippen molar-refractivity contribution in [1.82, 2.24) is 4.90 Å². The summed E-state index contributed by atoms with van der Waals surface area (Å²) >= 11 is 0. The molecule has 2 aromatic rings. The van der Waals surface area contributed by atoms with E-state index in [1.165, 1.54) is 48.3 Å². The molecule has 142 valence electrons. The Morgan fingerprint density at radius 1 is 0.963 bits per heavy atom. The molecule has 0 fully saturated rings. The van der Waals surface area contributed by atoms with Gasteiger partial charge in [0.2, 0.25) is 5.91 Å². The van der Waals surface area contributed by atoms with Crippen molar-refractivity contribution in [2.45, 2.75) is 6.92 Å². The minimum atomic E-state index is -0.578. The fraction of sp³-hybridized carbons (Fsp3) is 0.211. The molecule has 0 spiro atoms. The Kier molecular flexibility index (Phi) is 6.87. The summed E-state index contributed by atoms with van der Waals surface area (Å²) in [6.45, 7) is 1.79. The van der Waals surface area contributed by atoms with Crippen LogP contribution in [0.15, 0.2) is 48.5 Å². The number of benzene rings is 2. The molecular formula is C19H20FN3O4. The molecular weight excluding hydrogens is 353 g/mol. The van der Waals surface area contributed by atoms with Crippen LogP contribution in [0.2, 0.25) is 0 Å². The summed E-state index contributed by atoms with van der Waals surface area (Å²) in [5, 5.41) is 5.11. The molecule has 0 aromatic heterocycles. The molecule has 3 amide bonds. The van der Waals surface area contributed by atoms with Crippen LogP contribution in [0.5, 0.6) is 0 Å². The van der Waals surface area contributed by atoms with Crippen molar-refractivity contribution in [2.24, 2.45) is 0 Å². The van der Waals surface area contributed by atoms with E-state index < -0.39 is 17.8 Å². The maximum absolute atomic E-state index is 12.9. The van der Waals surface area contributed by atoms with E-state index in [9.17, 15) is 18.8 Å². The first-order valence-corrected chi connectivity index (χ1v) is 8.23. The van der Waals surface area contributed by atoms with Crippen molar-refractivity contribution in [3.8, 4) is 0 Å². The summed E-state index contributed by atoms with van der Waals surface area (Å²) in [6, 6.07) is 11.5. The molecule has 0 atom stereocenters. The zero-order valence-corrected chi connectivity index (χ0v) is 15.0. The number of nitrogens with zero attached hydrogens (tertiary/aromatic N) is 1. The normalized spacial score (nSPS) is 10.0. The van der Waals surface area contributed by atoms with Gasteiger partial charge < -0.3 is 15.0 Å². The van der Waals surface area contributed by atoms with Crippen molar-refractivity contribution >= 4 is 29.3 Å². The molecule has 0 radical (unpaired) electrons. The summed E-state index contributed by atoms with van der Waals surface area (Å²) in [7, 11) is 1.50. The van der Waals surface area contributed by atoms with E-state index in [0.717, 1.165) is 0 Å². The summed E-state index contributed by atoms with van der Waals surface area (Å²) in [4.78, 5) is 37.0. The predicted octanol–water partition coefficient (Wildman–Crippen LogP) is 3.10. The number of halogens is 1. The highest BCUT2D eigenvalue weighted by Gasteiger charge is 2.15. The number of rotatable bonds is 6. The molecule has 0 saturated carbocycles. The summed E-state index contributed by atoms with van der Waals surface area (Å²) in [5.41, 5.74) is 1.29. The maximum atomic E-state index is 12.9. The minimum absolute atomic E-state index is 0.168. The smallest absolute Gasteiger partial charge is 0.411 e. The lowest BCUT2D eigenvalue weighted by molar-refractivity contribution is -0.116. The van der Waals surface area contributed by atoms with Gasteiger partial charge in [0.05, 0.1) is 13.2 Å². The van der Waals surface area contributed by atoms with Gasteiger partial charge in [-0.3, -0.25) is 14.9 Å². The van der Waals surface area contributed by atoms with Crippen molar-refractivity contribution in [2.75, 3.05) is 30.8 Å². The van der Waals surface area contributed by atoms with Crippen LogP contribution in [0.4, 0.5) is 20.6 Å². The molecule has 27 heavy (non-hydrogen) atoms. The Morgan fingerprint density at radius 2 is 1.52 bits per heavy atom. The van der Waals surface area contributed by atoms with Gasteiger partial charge in [0, 0.05) is 24.0 Å². The van der Waals surface area contributed by atoms with Crippen LogP contribution >= 0.6 is 0 Å². The minimum Gasteiger partial charge on any atom is -0.450 e. The Hall–Kier alpha value is -3.42. The van der Waals surface area contributed by atoms with Gasteiger partial charge in [0.25, 0.3) is 5.91 Å². The predicted molar refractivity (Wildman–Crippen MR) is 99.1 cm³/mol. The van der Waals surface area contributed by atoms with E-state index in [0.29, 0.717) is 16.9 Å². The molecule has 0 heterocycles. The number of hydrogen-bond acceptors (Lipinski definition) is 4. The third-order valence-electron chi connectivity index (χ3n) is 3.51. The average molecular weight is 373 g/mol. The van der Waals surface area contributed by atoms with Crippen LogP contribution in [-0.2, 0) is 9.53 Å².